The van der Waals surface area contributed by atoms with Crippen LogP contribution < -0.4 is 5.32 Å². The first kappa shape index (κ1) is 18.8. The summed E-state index contributed by atoms with van der Waals surface area (Å²) in [7, 11) is -3.47. The summed E-state index contributed by atoms with van der Waals surface area (Å²) < 4.78 is 26.4. The zero-order chi connectivity index (χ0) is 19.3. The van der Waals surface area contributed by atoms with Gasteiger partial charge in [0.1, 0.15) is 0 Å². The fourth-order valence-corrected chi connectivity index (χ4v) is 3.91. The molecule has 0 atom stereocenters. The highest BCUT2D eigenvalue weighted by molar-refractivity contribution is 7.91. The van der Waals surface area contributed by atoms with Crippen molar-refractivity contribution in [1.29, 1.82) is 0 Å². The fourth-order valence-electron chi connectivity index (χ4n) is 2.81. The van der Waals surface area contributed by atoms with E-state index in [1.807, 2.05) is 35.0 Å². The van der Waals surface area contributed by atoms with Crippen molar-refractivity contribution in [3.8, 4) is 0 Å². The summed E-state index contributed by atoms with van der Waals surface area (Å²) in [5.41, 5.74) is 2.20. The van der Waals surface area contributed by atoms with Crippen LogP contribution in [0.15, 0.2) is 72.1 Å². The third kappa shape index (κ3) is 4.43. The summed E-state index contributed by atoms with van der Waals surface area (Å²) in [4.78, 5) is 16.7. The highest BCUT2D eigenvalue weighted by atomic mass is 32.2. The normalized spacial score (nSPS) is 11.3. The number of imidazole rings is 1. The maximum Gasteiger partial charge on any atom is 0.252 e. The molecule has 6 nitrogen and oxygen atoms in total. The maximum atomic E-state index is 12.6. The van der Waals surface area contributed by atoms with Gasteiger partial charge in [0.25, 0.3) is 5.91 Å². The van der Waals surface area contributed by atoms with Crippen molar-refractivity contribution in [1.82, 2.24) is 14.9 Å². The second kappa shape index (κ2) is 8.18. The summed E-state index contributed by atoms with van der Waals surface area (Å²) in [5, 5.41) is 2.84. The van der Waals surface area contributed by atoms with Gasteiger partial charge in [0.05, 0.1) is 22.5 Å². The van der Waals surface area contributed by atoms with Gasteiger partial charge in [-0.1, -0.05) is 43.3 Å². The quantitative estimate of drug-likeness (QED) is 0.680. The van der Waals surface area contributed by atoms with Crippen LogP contribution in [0.25, 0.3) is 0 Å². The van der Waals surface area contributed by atoms with E-state index in [0.29, 0.717) is 13.1 Å². The molecule has 3 rings (SSSR count). The zero-order valence-electron chi connectivity index (χ0n) is 15.0. The topological polar surface area (TPSA) is 81.1 Å². The van der Waals surface area contributed by atoms with Crippen LogP contribution in [0.3, 0.4) is 0 Å². The number of carbonyl (C=O) groups is 1. The van der Waals surface area contributed by atoms with Gasteiger partial charge in [-0.05, 0) is 23.3 Å². The second-order valence-electron chi connectivity index (χ2n) is 6.09. The van der Waals surface area contributed by atoms with E-state index in [0.717, 1.165) is 11.1 Å². The van der Waals surface area contributed by atoms with E-state index in [1.165, 1.54) is 12.1 Å². The highest BCUT2D eigenvalue weighted by Gasteiger charge is 2.20. The van der Waals surface area contributed by atoms with Gasteiger partial charge in [0, 0.05) is 25.5 Å². The molecule has 0 saturated carbocycles. The van der Waals surface area contributed by atoms with Crippen molar-refractivity contribution in [3.05, 3.63) is 83.9 Å². The molecule has 3 aromatic rings. The lowest BCUT2D eigenvalue weighted by atomic mass is 10.1. The molecule has 1 heterocycles. The van der Waals surface area contributed by atoms with Gasteiger partial charge in [-0.25, -0.2) is 13.4 Å². The average Bonchev–Trinajstić information content (AvgIpc) is 3.20. The van der Waals surface area contributed by atoms with Crippen LogP contribution in [0.1, 0.15) is 28.4 Å². The Morgan fingerprint density at radius 1 is 1.07 bits per heavy atom. The first-order valence-electron chi connectivity index (χ1n) is 8.64. The van der Waals surface area contributed by atoms with E-state index in [4.69, 9.17) is 0 Å². The Labute approximate surface area is 158 Å². The maximum absolute atomic E-state index is 12.6. The highest BCUT2D eigenvalue weighted by Crippen LogP contribution is 2.17. The number of hydrogen-bond donors (Lipinski definition) is 1. The Morgan fingerprint density at radius 2 is 1.78 bits per heavy atom. The minimum atomic E-state index is -3.47. The lowest BCUT2D eigenvalue weighted by molar-refractivity contribution is 0.0947. The number of aromatic nitrogens is 2. The summed E-state index contributed by atoms with van der Waals surface area (Å²) in [6.45, 7) is 2.52. The molecule has 0 aliphatic heterocycles. The monoisotopic (exact) mass is 383 g/mol. The van der Waals surface area contributed by atoms with E-state index < -0.39 is 15.7 Å². The molecule has 1 amide bonds. The van der Waals surface area contributed by atoms with Crippen LogP contribution in [-0.2, 0) is 22.9 Å². The van der Waals surface area contributed by atoms with Crippen molar-refractivity contribution in [2.45, 2.75) is 24.9 Å². The number of amides is 1. The third-order valence-electron chi connectivity index (χ3n) is 4.32. The van der Waals surface area contributed by atoms with Crippen molar-refractivity contribution in [2.75, 3.05) is 5.75 Å². The van der Waals surface area contributed by atoms with Gasteiger partial charge in [0.15, 0.2) is 9.84 Å². The largest absolute Gasteiger partial charge is 0.348 e. The van der Waals surface area contributed by atoms with Gasteiger partial charge in [-0.3, -0.25) is 4.79 Å². The first-order valence-corrected chi connectivity index (χ1v) is 10.3. The second-order valence-corrected chi connectivity index (χ2v) is 8.33. The Bertz CT molecular complexity index is 1030. The molecule has 0 saturated heterocycles. The van der Waals surface area contributed by atoms with E-state index in [-0.39, 0.29) is 16.2 Å². The Kier molecular flexibility index (Phi) is 5.71. The molecule has 1 aromatic heterocycles. The predicted molar refractivity (Wildman–Crippen MR) is 103 cm³/mol. The SMILES string of the molecule is CCS(=O)(=O)c1ccccc1C(=O)NCc1ccccc1Cn1ccnc1. The third-order valence-corrected chi connectivity index (χ3v) is 6.10. The number of rotatable bonds is 7. The van der Waals surface area contributed by atoms with E-state index >= 15 is 0 Å². The van der Waals surface area contributed by atoms with Crippen LogP contribution in [0.2, 0.25) is 0 Å². The number of carbonyl (C=O) groups excluding carboxylic acids is 1. The minimum Gasteiger partial charge on any atom is -0.348 e. The molecule has 1 N–H and O–H groups in total. The summed E-state index contributed by atoms with van der Waals surface area (Å²) >= 11 is 0. The molecule has 0 spiro atoms. The van der Waals surface area contributed by atoms with Crippen LogP contribution in [0, 0.1) is 0 Å². The van der Waals surface area contributed by atoms with Crippen LogP contribution in [0.5, 0.6) is 0 Å². The van der Waals surface area contributed by atoms with Gasteiger partial charge >= 0.3 is 0 Å². The van der Waals surface area contributed by atoms with E-state index in [9.17, 15) is 13.2 Å². The summed E-state index contributed by atoms with van der Waals surface area (Å²) in [5.74, 6) is -0.453. The Morgan fingerprint density at radius 3 is 2.48 bits per heavy atom. The molecule has 0 fully saturated rings. The van der Waals surface area contributed by atoms with Crippen molar-refractivity contribution in [2.24, 2.45) is 0 Å². The van der Waals surface area contributed by atoms with Crippen LogP contribution >= 0.6 is 0 Å². The smallest absolute Gasteiger partial charge is 0.252 e. The summed E-state index contributed by atoms with van der Waals surface area (Å²) in [6.07, 6.45) is 5.33. The van der Waals surface area contributed by atoms with Crippen molar-refractivity contribution >= 4 is 15.7 Å². The standard InChI is InChI=1S/C20H21N3O3S/c1-2-27(25,26)19-10-6-5-9-18(19)20(24)22-13-16-7-3-4-8-17(16)14-23-12-11-21-15-23/h3-12,15H,2,13-14H2,1H3,(H,22,24). The molecular weight excluding hydrogens is 362 g/mol. The van der Waals surface area contributed by atoms with Crippen LogP contribution in [0.4, 0.5) is 0 Å². The first-order chi connectivity index (χ1) is 13.0. The van der Waals surface area contributed by atoms with Gasteiger partial charge < -0.3 is 9.88 Å². The van der Waals surface area contributed by atoms with Crippen molar-refractivity contribution < 1.29 is 13.2 Å². The predicted octanol–water partition coefficient (Wildman–Crippen LogP) is 2.66. The van der Waals surface area contributed by atoms with Gasteiger partial charge in [-0.15, -0.1) is 0 Å². The lowest BCUT2D eigenvalue weighted by Gasteiger charge is -2.13. The van der Waals surface area contributed by atoms with E-state index in [2.05, 4.69) is 10.3 Å². The zero-order valence-corrected chi connectivity index (χ0v) is 15.8. The van der Waals surface area contributed by atoms with Gasteiger partial charge in [-0.2, -0.15) is 0 Å². The number of benzene rings is 2. The Balaban J connectivity index is 1.78. The number of nitrogens with zero attached hydrogens (tertiary/aromatic N) is 2. The van der Waals surface area contributed by atoms with Crippen molar-refractivity contribution in [3.63, 3.8) is 0 Å². The van der Waals surface area contributed by atoms with E-state index in [1.54, 1.807) is 31.6 Å². The molecule has 7 heteroatoms. The molecule has 2 aromatic carbocycles. The molecule has 27 heavy (non-hydrogen) atoms. The Hall–Kier alpha value is -2.93. The molecular formula is C20H21N3O3S. The molecule has 0 aliphatic rings. The summed E-state index contributed by atoms with van der Waals surface area (Å²) in [6, 6.07) is 14.1. The number of hydrogen-bond acceptors (Lipinski definition) is 4. The lowest BCUT2D eigenvalue weighted by Crippen LogP contribution is -2.25. The molecule has 0 bridgehead atoms. The minimum absolute atomic E-state index is 0.0506. The number of sulfone groups is 1. The molecule has 140 valence electrons. The molecule has 0 unspecified atom stereocenters. The average molecular weight is 383 g/mol. The van der Waals surface area contributed by atoms with Crippen LogP contribution in [-0.4, -0.2) is 29.6 Å². The fraction of sp³-hybridized carbons (Fsp3) is 0.200. The molecule has 0 aliphatic carbocycles. The molecule has 0 radical (unpaired) electrons. The van der Waals surface area contributed by atoms with Gasteiger partial charge in [0.2, 0.25) is 0 Å². The number of nitrogens with one attached hydrogen (secondary N) is 1.